The minimum absolute atomic E-state index is 0.0634. The Hall–Kier alpha value is -2.18. The van der Waals surface area contributed by atoms with Gasteiger partial charge in [-0.05, 0) is 19.8 Å². The van der Waals surface area contributed by atoms with Gasteiger partial charge >= 0.3 is 5.69 Å². The molecule has 0 aliphatic carbocycles. The number of nitrogens with one attached hydrogen (secondary N) is 1. The predicted octanol–water partition coefficient (Wildman–Crippen LogP) is 0.141. The first-order valence-electron chi connectivity index (χ1n) is 6.34. The van der Waals surface area contributed by atoms with Crippen LogP contribution in [0.1, 0.15) is 18.7 Å². The molecular formula is C12H15N5O2. The van der Waals surface area contributed by atoms with Crippen molar-refractivity contribution >= 4 is 17.8 Å². The number of hydrogen-bond donors (Lipinski definition) is 1. The molecule has 2 aromatic rings. The summed E-state index contributed by atoms with van der Waals surface area (Å²) in [6.45, 7) is 3.33. The second-order valence-corrected chi connectivity index (χ2v) is 4.87. The molecule has 7 nitrogen and oxygen atoms in total. The Kier molecular flexibility index (Phi) is 2.81. The van der Waals surface area contributed by atoms with Crippen molar-refractivity contribution in [3.05, 3.63) is 22.4 Å². The summed E-state index contributed by atoms with van der Waals surface area (Å²) in [7, 11) is 0. The van der Waals surface area contributed by atoms with Gasteiger partial charge in [0.25, 0.3) is 0 Å². The molecule has 100 valence electrons. The number of aldehydes is 1. The van der Waals surface area contributed by atoms with Gasteiger partial charge in [0, 0.05) is 25.1 Å². The van der Waals surface area contributed by atoms with Crippen molar-refractivity contribution in [2.75, 3.05) is 18.0 Å². The zero-order valence-electron chi connectivity index (χ0n) is 10.7. The van der Waals surface area contributed by atoms with Gasteiger partial charge in [0.1, 0.15) is 17.9 Å². The highest BCUT2D eigenvalue weighted by Gasteiger charge is 2.21. The molecule has 1 N–H and O–H groups in total. The van der Waals surface area contributed by atoms with Crippen LogP contribution in [0.4, 0.5) is 5.82 Å². The van der Waals surface area contributed by atoms with Gasteiger partial charge in [-0.3, -0.25) is 0 Å². The molecule has 0 radical (unpaired) electrons. The van der Waals surface area contributed by atoms with E-state index < -0.39 is 0 Å². The minimum atomic E-state index is -0.282. The fraction of sp³-hybridized carbons (Fsp3) is 0.500. The van der Waals surface area contributed by atoms with Gasteiger partial charge in [-0.1, -0.05) is 0 Å². The molecule has 1 aliphatic heterocycles. The second kappa shape index (κ2) is 4.49. The van der Waals surface area contributed by atoms with Crippen molar-refractivity contribution in [1.82, 2.24) is 19.6 Å². The standard InChI is InChI=1S/C12H15N5O2/c1-8-13-10(5-11-14-15-12(19)17(8)11)16-4-2-3-9(6-16)7-18/h5,7,9H,2-4,6H2,1H3,(H,15,19). The zero-order chi connectivity index (χ0) is 13.4. The van der Waals surface area contributed by atoms with E-state index in [1.54, 1.807) is 13.0 Å². The third-order valence-corrected chi connectivity index (χ3v) is 3.53. The molecular weight excluding hydrogens is 246 g/mol. The van der Waals surface area contributed by atoms with E-state index in [0.717, 1.165) is 31.5 Å². The van der Waals surface area contributed by atoms with Gasteiger partial charge in [-0.25, -0.2) is 19.3 Å². The molecule has 0 aromatic carbocycles. The van der Waals surface area contributed by atoms with Crippen LogP contribution in [0, 0.1) is 12.8 Å². The van der Waals surface area contributed by atoms with Crippen molar-refractivity contribution in [3.8, 4) is 0 Å². The largest absolute Gasteiger partial charge is 0.356 e. The van der Waals surface area contributed by atoms with Crippen LogP contribution in [0.25, 0.3) is 5.65 Å². The number of H-pyrrole nitrogens is 1. The lowest BCUT2D eigenvalue weighted by atomic mass is 10.00. The van der Waals surface area contributed by atoms with E-state index in [-0.39, 0.29) is 11.6 Å². The van der Waals surface area contributed by atoms with Gasteiger partial charge in [0.15, 0.2) is 5.65 Å². The number of piperidine rings is 1. The Morgan fingerprint density at radius 2 is 2.37 bits per heavy atom. The van der Waals surface area contributed by atoms with Crippen LogP contribution in [0.2, 0.25) is 0 Å². The topological polar surface area (TPSA) is 83.4 Å². The molecule has 3 rings (SSSR count). The van der Waals surface area contributed by atoms with Crippen molar-refractivity contribution in [1.29, 1.82) is 0 Å². The summed E-state index contributed by atoms with van der Waals surface area (Å²) in [6, 6.07) is 1.78. The number of aryl methyl sites for hydroxylation is 1. The molecule has 0 amide bonds. The maximum Gasteiger partial charge on any atom is 0.349 e. The monoisotopic (exact) mass is 261 g/mol. The number of aromatic amines is 1. The Balaban J connectivity index is 2.01. The lowest BCUT2D eigenvalue weighted by Gasteiger charge is -2.31. The molecule has 1 saturated heterocycles. The highest BCUT2D eigenvalue weighted by Crippen LogP contribution is 2.21. The van der Waals surface area contributed by atoms with Crippen LogP contribution in [0.5, 0.6) is 0 Å². The normalized spacial score (nSPS) is 19.8. The molecule has 19 heavy (non-hydrogen) atoms. The van der Waals surface area contributed by atoms with Crippen molar-refractivity contribution < 1.29 is 4.79 Å². The van der Waals surface area contributed by atoms with Crippen LogP contribution in [0.3, 0.4) is 0 Å². The fourth-order valence-corrected chi connectivity index (χ4v) is 2.57. The predicted molar refractivity (Wildman–Crippen MR) is 69.3 cm³/mol. The fourth-order valence-electron chi connectivity index (χ4n) is 2.57. The highest BCUT2D eigenvalue weighted by atomic mass is 16.1. The average molecular weight is 261 g/mol. The number of rotatable bonds is 2. The zero-order valence-corrected chi connectivity index (χ0v) is 10.7. The molecule has 1 aliphatic rings. The maximum atomic E-state index is 11.5. The van der Waals surface area contributed by atoms with Gasteiger partial charge in [-0.2, -0.15) is 5.10 Å². The summed E-state index contributed by atoms with van der Waals surface area (Å²) < 4.78 is 1.44. The van der Waals surface area contributed by atoms with Gasteiger partial charge in [0.2, 0.25) is 0 Å². The maximum absolute atomic E-state index is 11.5. The Morgan fingerprint density at radius 1 is 1.53 bits per heavy atom. The number of carbonyl (C=O) groups is 1. The van der Waals surface area contributed by atoms with E-state index in [9.17, 15) is 9.59 Å². The molecule has 2 aromatic heterocycles. The molecule has 0 saturated carbocycles. The average Bonchev–Trinajstić information content (AvgIpc) is 2.81. The molecule has 3 heterocycles. The first-order valence-corrected chi connectivity index (χ1v) is 6.34. The van der Waals surface area contributed by atoms with E-state index >= 15 is 0 Å². The second-order valence-electron chi connectivity index (χ2n) is 4.87. The smallest absolute Gasteiger partial charge is 0.349 e. The molecule has 1 unspecified atom stereocenters. The van der Waals surface area contributed by atoms with Crippen molar-refractivity contribution in [2.45, 2.75) is 19.8 Å². The van der Waals surface area contributed by atoms with Gasteiger partial charge in [0.05, 0.1) is 0 Å². The number of carbonyl (C=O) groups excluding carboxylic acids is 1. The molecule has 1 fully saturated rings. The van der Waals surface area contributed by atoms with Gasteiger partial charge < -0.3 is 9.69 Å². The van der Waals surface area contributed by atoms with E-state index in [1.807, 2.05) is 0 Å². The molecule has 1 atom stereocenters. The first kappa shape index (κ1) is 11.9. The summed E-state index contributed by atoms with van der Waals surface area (Å²) in [5.74, 6) is 1.43. The third kappa shape index (κ3) is 2.00. The summed E-state index contributed by atoms with van der Waals surface area (Å²) in [4.78, 5) is 29.0. The van der Waals surface area contributed by atoms with Crippen molar-refractivity contribution in [2.24, 2.45) is 5.92 Å². The number of fused-ring (bicyclic) bond motifs is 1. The number of hydrogen-bond acceptors (Lipinski definition) is 5. The molecule has 0 bridgehead atoms. The third-order valence-electron chi connectivity index (χ3n) is 3.53. The number of nitrogens with zero attached hydrogens (tertiary/aromatic N) is 4. The van der Waals surface area contributed by atoms with E-state index in [4.69, 9.17) is 0 Å². The summed E-state index contributed by atoms with van der Waals surface area (Å²) in [6.07, 6.45) is 2.92. The quantitative estimate of drug-likeness (QED) is 0.777. The highest BCUT2D eigenvalue weighted by molar-refractivity contribution is 5.57. The van der Waals surface area contributed by atoms with Crippen molar-refractivity contribution in [3.63, 3.8) is 0 Å². The SMILES string of the molecule is Cc1nc(N2CCCC(C=O)C2)cc2n[nH]c(=O)n12. The van der Waals surface area contributed by atoms with E-state index in [1.165, 1.54) is 4.40 Å². The Labute approximate surface area is 109 Å². The van der Waals surface area contributed by atoms with E-state index in [2.05, 4.69) is 20.1 Å². The van der Waals surface area contributed by atoms with Crippen LogP contribution in [-0.2, 0) is 4.79 Å². The van der Waals surface area contributed by atoms with Crippen LogP contribution < -0.4 is 10.6 Å². The Morgan fingerprint density at radius 3 is 3.16 bits per heavy atom. The Bertz CT molecular complexity index is 674. The molecule has 0 spiro atoms. The van der Waals surface area contributed by atoms with Crippen LogP contribution >= 0.6 is 0 Å². The molecule has 7 heteroatoms. The van der Waals surface area contributed by atoms with Gasteiger partial charge in [-0.15, -0.1) is 0 Å². The summed E-state index contributed by atoms with van der Waals surface area (Å²) >= 11 is 0. The lowest BCUT2D eigenvalue weighted by Crippen LogP contribution is -2.36. The first-order chi connectivity index (χ1) is 9.19. The van der Waals surface area contributed by atoms with Crippen LogP contribution in [0.15, 0.2) is 10.9 Å². The summed E-state index contributed by atoms with van der Waals surface area (Å²) in [5, 5.41) is 6.37. The minimum Gasteiger partial charge on any atom is -0.356 e. The number of anilines is 1. The number of aromatic nitrogens is 4. The van der Waals surface area contributed by atoms with E-state index in [0.29, 0.717) is 18.0 Å². The summed E-state index contributed by atoms with van der Waals surface area (Å²) in [5.41, 5.74) is 0.275. The lowest BCUT2D eigenvalue weighted by molar-refractivity contribution is -0.111. The van der Waals surface area contributed by atoms with Crippen LogP contribution in [-0.4, -0.2) is 39.0 Å².